The van der Waals surface area contributed by atoms with Gasteiger partial charge in [-0.1, -0.05) is 58.7 Å². The minimum atomic E-state index is -4.69. The van der Waals surface area contributed by atoms with Crippen LogP contribution in [0, 0.1) is 6.92 Å². The molecule has 2 aliphatic heterocycles. The summed E-state index contributed by atoms with van der Waals surface area (Å²) in [5.41, 5.74) is 0.0891. The lowest BCUT2D eigenvalue weighted by Gasteiger charge is -2.48. The highest BCUT2D eigenvalue weighted by Crippen LogP contribution is 2.46. The quantitative estimate of drug-likeness (QED) is 0.199. The molecule has 240 valence electrons. The fraction of sp³-hybridized carbons (Fsp3) is 0.345. The van der Waals surface area contributed by atoms with Crippen molar-refractivity contribution in [2.24, 2.45) is 0 Å². The maximum Gasteiger partial charge on any atom is 0.418 e. The highest BCUT2D eigenvalue weighted by atomic mass is 35.5. The van der Waals surface area contributed by atoms with Crippen LogP contribution in [0.3, 0.4) is 0 Å². The molecule has 4 unspecified atom stereocenters. The highest BCUT2D eigenvalue weighted by Gasteiger charge is 2.53. The van der Waals surface area contributed by atoms with Crippen LogP contribution >= 0.6 is 34.5 Å². The molecule has 0 spiro atoms. The van der Waals surface area contributed by atoms with Crippen molar-refractivity contribution in [3.63, 3.8) is 0 Å². The smallest absolute Gasteiger partial charge is 0.376 e. The Morgan fingerprint density at radius 1 is 1.04 bits per heavy atom. The molecule has 2 fully saturated rings. The number of hydrogen-bond donors (Lipinski definition) is 0. The summed E-state index contributed by atoms with van der Waals surface area (Å²) in [6.45, 7) is 1.64. The molecule has 0 N–H and O–H groups in total. The monoisotopic (exact) mass is 693 g/mol. The van der Waals surface area contributed by atoms with E-state index >= 15 is 0 Å². The Bertz CT molecular complexity index is 1850. The minimum Gasteiger partial charge on any atom is -0.376 e. The average molecular weight is 695 g/mol. The second-order valence-corrected chi connectivity index (χ2v) is 12.3. The van der Waals surface area contributed by atoms with Crippen LogP contribution in [0.5, 0.6) is 0 Å². The summed E-state index contributed by atoms with van der Waals surface area (Å²) in [7, 11) is 1.47. The molecule has 3 aromatic heterocycles. The zero-order valence-corrected chi connectivity index (χ0v) is 26.3. The van der Waals surface area contributed by atoms with Gasteiger partial charge in [0.05, 0.1) is 24.1 Å². The van der Waals surface area contributed by atoms with Gasteiger partial charge < -0.3 is 18.9 Å². The molecule has 0 amide bonds. The molecule has 0 aliphatic carbocycles. The van der Waals surface area contributed by atoms with Crippen LogP contribution in [-0.2, 0) is 25.1 Å². The van der Waals surface area contributed by atoms with E-state index in [0.29, 0.717) is 15.9 Å². The first-order chi connectivity index (χ1) is 22.1. The SMILES string of the molecule is COC1C(n2cc(-c3nc(Cl)cs3)nn2)[C@H]2OC(c3ccccc3)OCC2O[C@H]1c1nnc(C)n1-c1cc(Cl)ccc1C(F)(F)F. The lowest BCUT2D eigenvalue weighted by molar-refractivity contribution is -0.321. The normalized spacial score (nSPS) is 25.0. The van der Waals surface area contributed by atoms with E-state index in [0.717, 1.165) is 11.6 Å². The Balaban J connectivity index is 1.34. The van der Waals surface area contributed by atoms with Crippen molar-refractivity contribution >= 4 is 34.5 Å². The number of benzene rings is 2. The van der Waals surface area contributed by atoms with E-state index in [2.05, 4.69) is 25.5 Å². The number of nitrogens with zero attached hydrogens (tertiary/aromatic N) is 7. The molecule has 6 atom stereocenters. The van der Waals surface area contributed by atoms with Crippen LogP contribution in [0.2, 0.25) is 10.2 Å². The summed E-state index contributed by atoms with van der Waals surface area (Å²) in [6, 6.07) is 12.0. The Hall–Kier alpha value is -3.44. The number of aromatic nitrogens is 7. The molecule has 0 radical (unpaired) electrons. The Kier molecular flexibility index (Phi) is 8.33. The molecule has 0 bridgehead atoms. The van der Waals surface area contributed by atoms with Crippen molar-refractivity contribution in [1.29, 1.82) is 0 Å². The van der Waals surface area contributed by atoms with Gasteiger partial charge in [-0.15, -0.1) is 26.6 Å². The van der Waals surface area contributed by atoms with Gasteiger partial charge in [-0.05, 0) is 25.1 Å². The Labute approximate surface area is 273 Å². The predicted molar refractivity (Wildman–Crippen MR) is 160 cm³/mol. The number of rotatable bonds is 6. The summed E-state index contributed by atoms with van der Waals surface area (Å²) in [5.74, 6) is 0.252. The van der Waals surface area contributed by atoms with Crippen LogP contribution in [0.15, 0.2) is 60.1 Å². The largest absolute Gasteiger partial charge is 0.418 e. The number of aryl methyl sites for hydroxylation is 1. The van der Waals surface area contributed by atoms with Crippen LogP contribution in [0.25, 0.3) is 16.4 Å². The molecule has 5 aromatic rings. The van der Waals surface area contributed by atoms with Crippen molar-refractivity contribution in [2.45, 2.75) is 49.8 Å². The van der Waals surface area contributed by atoms with E-state index in [-0.39, 0.29) is 29.0 Å². The van der Waals surface area contributed by atoms with Crippen LogP contribution in [0.1, 0.15) is 41.2 Å². The second-order valence-electron chi connectivity index (χ2n) is 10.6. The Morgan fingerprint density at radius 3 is 2.57 bits per heavy atom. The summed E-state index contributed by atoms with van der Waals surface area (Å²) >= 11 is 13.6. The van der Waals surface area contributed by atoms with Crippen LogP contribution in [0.4, 0.5) is 13.2 Å². The van der Waals surface area contributed by atoms with Crippen molar-refractivity contribution in [1.82, 2.24) is 34.7 Å². The highest BCUT2D eigenvalue weighted by molar-refractivity contribution is 7.13. The first-order valence-electron chi connectivity index (χ1n) is 13.9. The van der Waals surface area contributed by atoms with E-state index in [1.54, 1.807) is 23.2 Å². The summed E-state index contributed by atoms with van der Waals surface area (Å²) < 4.78 is 70.8. The van der Waals surface area contributed by atoms with Gasteiger partial charge in [-0.2, -0.15) is 13.2 Å². The molecule has 0 saturated carbocycles. The molecule has 7 rings (SSSR count). The van der Waals surface area contributed by atoms with Gasteiger partial charge in [0.2, 0.25) is 0 Å². The third-order valence-corrected chi connectivity index (χ3v) is 9.24. The second kappa shape index (κ2) is 12.3. The van der Waals surface area contributed by atoms with Crippen molar-refractivity contribution < 1.29 is 32.1 Å². The lowest BCUT2D eigenvalue weighted by Crippen LogP contribution is -2.57. The van der Waals surface area contributed by atoms with Gasteiger partial charge in [0.15, 0.2) is 12.1 Å². The third kappa shape index (κ3) is 5.70. The predicted octanol–water partition coefficient (Wildman–Crippen LogP) is 6.43. The third-order valence-electron chi connectivity index (χ3n) is 7.82. The van der Waals surface area contributed by atoms with E-state index in [9.17, 15) is 13.2 Å². The number of fused-ring (bicyclic) bond motifs is 1. The minimum absolute atomic E-state index is 0.0674. The first kappa shape index (κ1) is 31.2. The Morgan fingerprint density at radius 2 is 1.85 bits per heavy atom. The maximum atomic E-state index is 14.2. The number of thiazole rings is 1. The maximum absolute atomic E-state index is 14.2. The van der Waals surface area contributed by atoms with Gasteiger partial charge in [0.25, 0.3) is 0 Å². The molecule has 17 heteroatoms. The zero-order valence-electron chi connectivity index (χ0n) is 24.0. The summed E-state index contributed by atoms with van der Waals surface area (Å²) in [5, 5.41) is 19.8. The van der Waals surface area contributed by atoms with Crippen molar-refractivity contribution in [3.05, 3.63) is 93.1 Å². The summed E-state index contributed by atoms with van der Waals surface area (Å²) in [6.07, 6.45) is -7.09. The molecule has 2 saturated heterocycles. The van der Waals surface area contributed by atoms with Gasteiger partial charge in [-0.25, -0.2) is 9.67 Å². The molecular weight excluding hydrogens is 670 g/mol. The topological polar surface area (TPSA) is 111 Å². The van der Waals surface area contributed by atoms with Gasteiger partial charge >= 0.3 is 6.18 Å². The molecule has 2 aliphatic rings. The average Bonchev–Trinajstić information content (AvgIpc) is 3.79. The van der Waals surface area contributed by atoms with Crippen molar-refractivity contribution in [3.8, 4) is 16.4 Å². The molecular formula is C29H24Cl2F3N7O4S. The number of methoxy groups -OCH3 is 1. The number of hydrogen-bond acceptors (Lipinski definition) is 10. The van der Waals surface area contributed by atoms with Gasteiger partial charge in [0.1, 0.15) is 52.1 Å². The van der Waals surface area contributed by atoms with E-state index < -0.39 is 48.5 Å². The first-order valence-corrected chi connectivity index (χ1v) is 15.6. The molecule has 46 heavy (non-hydrogen) atoms. The molecule has 11 nitrogen and oxygen atoms in total. The molecule has 5 heterocycles. The van der Waals surface area contributed by atoms with Crippen molar-refractivity contribution in [2.75, 3.05) is 13.7 Å². The number of alkyl halides is 3. The lowest BCUT2D eigenvalue weighted by atomic mass is 9.90. The fourth-order valence-corrected chi connectivity index (χ4v) is 6.90. The van der Waals surface area contributed by atoms with E-state index in [1.807, 2.05) is 30.3 Å². The van der Waals surface area contributed by atoms with Crippen LogP contribution in [-0.4, -0.2) is 66.8 Å². The van der Waals surface area contributed by atoms with Crippen LogP contribution < -0.4 is 0 Å². The van der Waals surface area contributed by atoms with Gasteiger partial charge in [0, 0.05) is 23.1 Å². The van der Waals surface area contributed by atoms with Gasteiger partial charge in [-0.3, -0.25) is 4.57 Å². The van der Waals surface area contributed by atoms with E-state index in [4.69, 9.17) is 42.1 Å². The zero-order chi connectivity index (χ0) is 32.2. The number of ether oxygens (including phenoxy) is 4. The molecule has 2 aromatic carbocycles. The number of halogens is 5. The fourth-order valence-electron chi connectivity index (χ4n) is 5.83. The summed E-state index contributed by atoms with van der Waals surface area (Å²) in [4.78, 5) is 4.29. The van der Waals surface area contributed by atoms with E-state index in [1.165, 1.54) is 35.1 Å². The standard InChI is InChI=1S/C29H24Cl2F3N7O4S/c1-14-36-38-26(41(14)19-10-16(30)8-9-17(19)29(32,33)34)25-24(42-2)22(40-11-18(37-39-40)27-35-21(31)13-46-27)23-20(44-25)12-43-28(45-23)15-6-4-3-5-7-15/h3-11,13,20,22-25,28H,12H2,1-2H3/t20?,22?,23-,24?,25+,28?/m0/s1.